The number of nitrogens with one attached hydrogen (secondary N) is 1. The van der Waals surface area contributed by atoms with Gasteiger partial charge in [-0.1, -0.05) is 24.3 Å². The molecule has 0 atom stereocenters. The summed E-state index contributed by atoms with van der Waals surface area (Å²) in [7, 11) is 0. The Morgan fingerprint density at radius 2 is 1.96 bits per heavy atom. The van der Waals surface area contributed by atoms with Gasteiger partial charge in [0.25, 0.3) is 0 Å². The number of thioether (sulfide) groups is 1. The lowest BCUT2D eigenvalue weighted by molar-refractivity contribution is -0.138. The highest BCUT2D eigenvalue weighted by molar-refractivity contribution is 7.98. The highest BCUT2D eigenvalue weighted by atomic mass is 32.2. The quantitative estimate of drug-likeness (QED) is 0.791. The van der Waals surface area contributed by atoms with Crippen LogP contribution >= 0.6 is 11.8 Å². The Labute approximate surface area is 144 Å². The van der Waals surface area contributed by atoms with E-state index in [2.05, 4.69) is 4.98 Å². The lowest BCUT2D eigenvalue weighted by atomic mass is 10.1. The first-order chi connectivity index (χ1) is 11.7. The Balaban J connectivity index is 2.30. The third-order valence-corrected chi connectivity index (χ3v) is 4.23. The summed E-state index contributed by atoms with van der Waals surface area (Å²) in [6.45, 7) is 0. The number of halogens is 3. The Hall–Kier alpha value is -2.73. The van der Waals surface area contributed by atoms with Gasteiger partial charge in [-0.2, -0.15) is 18.4 Å². The van der Waals surface area contributed by atoms with Gasteiger partial charge >= 0.3 is 12.1 Å². The molecular formula is C16H11F3N2O3S. The minimum Gasteiger partial charge on any atom is -0.481 e. The predicted molar refractivity (Wildman–Crippen MR) is 84.1 cm³/mol. The van der Waals surface area contributed by atoms with E-state index in [0.29, 0.717) is 17.2 Å². The molecular weight excluding hydrogens is 357 g/mol. The van der Waals surface area contributed by atoms with Gasteiger partial charge < -0.3 is 10.1 Å². The smallest absolute Gasteiger partial charge is 0.417 e. The molecule has 0 amide bonds. The molecule has 130 valence electrons. The monoisotopic (exact) mass is 368 g/mol. The normalized spacial score (nSPS) is 11.1. The molecule has 0 aliphatic heterocycles. The number of carboxylic acid groups (broad SMARTS) is 1. The maximum atomic E-state index is 13.0. The van der Waals surface area contributed by atoms with E-state index in [1.165, 1.54) is 6.07 Å². The zero-order chi connectivity index (χ0) is 18.6. The molecule has 2 rings (SSSR count). The number of pyridine rings is 1. The topological polar surface area (TPSA) is 94.0 Å². The standard InChI is InChI=1S/C16H11F3N2O3S/c17-16(18,19)12-6-13(22)21-15(11(12)7-20)25-8-10-3-1-2-9(4-10)5-14(23)24/h1-4,6H,5,8H2,(H,21,22)(H,23,24). The molecule has 25 heavy (non-hydrogen) atoms. The van der Waals surface area contributed by atoms with E-state index in [9.17, 15) is 22.8 Å². The fourth-order valence-corrected chi connectivity index (χ4v) is 3.10. The first kappa shape index (κ1) is 18.6. The van der Waals surface area contributed by atoms with E-state index in [-0.39, 0.29) is 17.2 Å². The molecule has 9 heteroatoms. The van der Waals surface area contributed by atoms with E-state index in [1.54, 1.807) is 24.3 Å². The van der Waals surface area contributed by atoms with E-state index >= 15 is 0 Å². The summed E-state index contributed by atoms with van der Waals surface area (Å²) in [5.74, 6) is -0.835. The van der Waals surface area contributed by atoms with Crippen LogP contribution in [0.25, 0.3) is 0 Å². The van der Waals surface area contributed by atoms with Crippen LogP contribution in [0.3, 0.4) is 0 Å². The average molecular weight is 368 g/mol. The zero-order valence-electron chi connectivity index (χ0n) is 12.6. The Morgan fingerprint density at radius 1 is 1.28 bits per heavy atom. The minimum absolute atomic E-state index is 0.166. The zero-order valence-corrected chi connectivity index (χ0v) is 13.4. The van der Waals surface area contributed by atoms with Crippen LogP contribution in [0.1, 0.15) is 22.3 Å². The fourth-order valence-electron chi connectivity index (χ4n) is 2.14. The maximum absolute atomic E-state index is 13.0. The number of carbonyl (C=O) groups is 1. The lowest BCUT2D eigenvalue weighted by Gasteiger charge is -2.11. The van der Waals surface area contributed by atoms with E-state index in [0.717, 1.165) is 11.8 Å². The second kappa shape index (κ2) is 7.44. The molecule has 1 heterocycles. The number of aromatic amines is 1. The van der Waals surface area contributed by atoms with Crippen LogP contribution in [0.15, 0.2) is 40.2 Å². The van der Waals surface area contributed by atoms with E-state index < -0.39 is 28.8 Å². The number of alkyl halides is 3. The molecule has 1 aromatic carbocycles. The second-order valence-corrected chi connectivity index (χ2v) is 6.03. The van der Waals surface area contributed by atoms with Crippen molar-refractivity contribution in [3.8, 4) is 6.07 Å². The van der Waals surface area contributed by atoms with Crippen LogP contribution in [0.5, 0.6) is 0 Å². The van der Waals surface area contributed by atoms with Crippen molar-refractivity contribution in [1.82, 2.24) is 4.98 Å². The van der Waals surface area contributed by atoms with Gasteiger partial charge in [0.05, 0.1) is 22.6 Å². The van der Waals surface area contributed by atoms with Crippen molar-refractivity contribution in [3.05, 3.63) is 62.9 Å². The van der Waals surface area contributed by atoms with Crippen LogP contribution in [0.2, 0.25) is 0 Å². The number of H-pyrrole nitrogens is 1. The Bertz CT molecular complexity index is 901. The van der Waals surface area contributed by atoms with E-state index in [1.807, 2.05) is 0 Å². The molecule has 0 bridgehead atoms. The molecule has 1 aromatic heterocycles. The van der Waals surface area contributed by atoms with Gasteiger partial charge in [-0.15, -0.1) is 11.8 Å². The molecule has 0 fully saturated rings. The predicted octanol–water partition coefficient (Wildman–Crippen LogP) is 3.18. The molecule has 0 aliphatic rings. The second-order valence-electron chi connectivity index (χ2n) is 5.04. The highest BCUT2D eigenvalue weighted by Crippen LogP contribution is 2.34. The number of carboxylic acids is 1. The molecule has 0 saturated carbocycles. The van der Waals surface area contributed by atoms with Gasteiger partial charge in [-0.05, 0) is 11.1 Å². The van der Waals surface area contributed by atoms with Gasteiger partial charge in [-0.25, -0.2) is 0 Å². The summed E-state index contributed by atoms with van der Waals surface area (Å²) in [5, 5.41) is 17.7. The summed E-state index contributed by atoms with van der Waals surface area (Å²) >= 11 is 0.871. The van der Waals surface area contributed by atoms with Gasteiger partial charge in [0.2, 0.25) is 5.56 Å². The molecule has 5 nitrogen and oxygen atoms in total. The van der Waals surface area contributed by atoms with Crippen molar-refractivity contribution in [1.29, 1.82) is 5.26 Å². The summed E-state index contributed by atoms with van der Waals surface area (Å²) in [4.78, 5) is 24.4. The van der Waals surface area contributed by atoms with Crippen LogP contribution in [0.4, 0.5) is 13.2 Å². The van der Waals surface area contributed by atoms with Crippen LogP contribution < -0.4 is 5.56 Å². The molecule has 2 aromatic rings. The van der Waals surface area contributed by atoms with Crippen molar-refractivity contribution < 1.29 is 23.1 Å². The summed E-state index contributed by atoms with van der Waals surface area (Å²) < 4.78 is 38.9. The van der Waals surface area contributed by atoms with E-state index in [4.69, 9.17) is 10.4 Å². The van der Waals surface area contributed by atoms with Crippen molar-refractivity contribution in [2.45, 2.75) is 23.4 Å². The van der Waals surface area contributed by atoms with Crippen molar-refractivity contribution in [3.63, 3.8) is 0 Å². The Morgan fingerprint density at radius 3 is 2.56 bits per heavy atom. The third-order valence-electron chi connectivity index (χ3n) is 3.16. The molecule has 0 radical (unpaired) electrons. The van der Waals surface area contributed by atoms with Crippen molar-refractivity contribution >= 4 is 17.7 Å². The molecule has 0 aliphatic carbocycles. The van der Waals surface area contributed by atoms with Crippen molar-refractivity contribution in [2.75, 3.05) is 0 Å². The summed E-state index contributed by atoms with van der Waals surface area (Å²) in [5.41, 5.74) is -1.66. The third kappa shape index (κ3) is 4.87. The number of nitriles is 1. The first-order valence-corrected chi connectivity index (χ1v) is 7.86. The number of hydrogen-bond donors (Lipinski definition) is 2. The minimum atomic E-state index is -4.81. The van der Waals surface area contributed by atoms with Gasteiger partial charge in [0, 0.05) is 11.8 Å². The summed E-state index contributed by atoms with van der Waals surface area (Å²) in [6.07, 6.45) is -4.99. The van der Waals surface area contributed by atoms with Gasteiger partial charge in [-0.3, -0.25) is 9.59 Å². The molecule has 0 unspecified atom stereocenters. The van der Waals surface area contributed by atoms with Crippen LogP contribution in [0, 0.1) is 11.3 Å². The molecule has 0 spiro atoms. The van der Waals surface area contributed by atoms with Gasteiger partial charge in [0.15, 0.2) is 0 Å². The first-order valence-electron chi connectivity index (χ1n) is 6.87. The number of hydrogen-bond acceptors (Lipinski definition) is 4. The number of aliphatic carboxylic acids is 1. The number of aromatic nitrogens is 1. The molecule has 0 saturated heterocycles. The largest absolute Gasteiger partial charge is 0.481 e. The average Bonchev–Trinajstić information content (AvgIpc) is 2.51. The number of benzene rings is 1. The van der Waals surface area contributed by atoms with Crippen LogP contribution in [-0.4, -0.2) is 16.1 Å². The van der Waals surface area contributed by atoms with Crippen LogP contribution in [-0.2, 0) is 23.1 Å². The molecule has 2 N–H and O–H groups in total. The van der Waals surface area contributed by atoms with Gasteiger partial charge in [0.1, 0.15) is 6.07 Å². The summed E-state index contributed by atoms with van der Waals surface area (Å²) in [6, 6.07) is 8.38. The number of rotatable bonds is 5. The SMILES string of the molecule is N#Cc1c(C(F)(F)F)cc(=O)[nH]c1SCc1cccc(CC(=O)O)c1. The highest BCUT2D eigenvalue weighted by Gasteiger charge is 2.35. The maximum Gasteiger partial charge on any atom is 0.417 e. The Kier molecular flexibility index (Phi) is 5.54. The lowest BCUT2D eigenvalue weighted by Crippen LogP contribution is -2.17. The fraction of sp³-hybridized carbons (Fsp3) is 0.188. The van der Waals surface area contributed by atoms with Crippen molar-refractivity contribution in [2.24, 2.45) is 0 Å². The number of nitrogens with zero attached hydrogens (tertiary/aromatic N) is 1.